The molecule has 0 fully saturated rings. The van der Waals surface area contributed by atoms with Crippen molar-refractivity contribution < 1.29 is 14.1 Å². The van der Waals surface area contributed by atoms with Gasteiger partial charge in [-0.05, 0) is 24.6 Å². The van der Waals surface area contributed by atoms with Crippen LogP contribution in [0, 0.1) is 0 Å². The van der Waals surface area contributed by atoms with Crippen LogP contribution in [0.1, 0.15) is 29.5 Å². The fourth-order valence-electron chi connectivity index (χ4n) is 2.20. The Morgan fingerprint density at radius 3 is 2.80 bits per heavy atom. The smallest absolute Gasteiger partial charge is 0.335 e. The minimum Gasteiger partial charge on any atom is -0.478 e. The summed E-state index contributed by atoms with van der Waals surface area (Å²) in [5.74, 6) is 0.548. The predicted octanol–water partition coefficient (Wildman–Crippen LogP) is 2.07. The SMILES string of the molecule is CCCc1nc2cc(C(=O)O)ccc2n1CCS(C)=O. The van der Waals surface area contributed by atoms with Gasteiger partial charge in [0.1, 0.15) is 5.82 Å². The van der Waals surface area contributed by atoms with Crippen molar-refractivity contribution in [1.82, 2.24) is 9.55 Å². The van der Waals surface area contributed by atoms with Crippen LogP contribution < -0.4 is 0 Å². The van der Waals surface area contributed by atoms with Gasteiger partial charge in [0.15, 0.2) is 0 Å². The van der Waals surface area contributed by atoms with Crippen molar-refractivity contribution in [2.45, 2.75) is 26.3 Å². The van der Waals surface area contributed by atoms with E-state index < -0.39 is 16.8 Å². The molecule has 2 aromatic rings. The molecule has 6 heteroatoms. The lowest BCUT2D eigenvalue weighted by Gasteiger charge is -2.07. The molecule has 1 heterocycles. The summed E-state index contributed by atoms with van der Waals surface area (Å²) >= 11 is 0. The number of nitrogens with zero attached hydrogens (tertiary/aromatic N) is 2. The average molecular weight is 294 g/mol. The van der Waals surface area contributed by atoms with Crippen molar-refractivity contribution in [2.75, 3.05) is 12.0 Å². The van der Waals surface area contributed by atoms with Crippen molar-refractivity contribution in [3.05, 3.63) is 29.6 Å². The lowest BCUT2D eigenvalue weighted by atomic mass is 10.2. The van der Waals surface area contributed by atoms with E-state index in [2.05, 4.69) is 11.9 Å². The molecule has 108 valence electrons. The Morgan fingerprint density at radius 1 is 1.45 bits per heavy atom. The Hall–Kier alpha value is -1.69. The number of hydrogen-bond acceptors (Lipinski definition) is 3. The number of carboxylic acid groups (broad SMARTS) is 1. The molecule has 0 aliphatic heterocycles. The molecule has 1 aromatic carbocycles. The molecule has 0 radical (unpaired) electrons. The summed E-state index contributed by atoms with van der Waals surface area (Å²) in [5, 5.41) is 9.03. The standard InChI is InChI=1S/C14H18N2O3S/c1-3-4-13-15-11-9-10(14(17)18)5-6-12(11)16(13)7-8-20(2)19/h5-6,9H,3-4,7-8H2,1-2H3,(H,17,18). The molecule has 1 unspecified atom stereocenters. The zero-order valence-corrected chi connectivity index (χ0v) is 12.4. The van der Waals surface area contributed by atoms with Gasteiger partial charge < -0.3 is 9.67 Å². The van der Waals surface area contributed by atoms with Crippen LogP contribution in [-0.4, -0.2) is 36.8 Å². The summed E-state index contributed by atoms with van der Waals surface area (Å²) in [4.78, 5) is 15.5. The Bertz CT molecular complexity index is 664. The number of benzene rings is 1. The summed E-state index contributed by atoms with van der Waals surface area (Å²) in [7, 11) is -0.860. The van der Waals surface area contributed by atoms with Crippen molar-refractivity contribution in [2.24, 2.45) is 0 Å². The first-order chi connectivity index (χ1) is 9.52. The number of fused-ring (bicyclic) bond motifs is 1. The molecule has 2 rings (SSSR count). The highest BCUT2D eigenvalue weighted by Crippen LogP contribution is 2.19. The van der Waals surface area contributed by atoms with E-state index in [4.69, 9.17) is 5.11 Å². The van der Waals surface area contributed by atoms with Crippen LogP contribution in [0.5, 0.6) is 0 Å². The average Bonchev–Trinajstić information content (AvgIpc) is 2.73. The van der Waals surface area contributed by atoms with E-state index in [-0.39, 0.29) is 5.56 Å². The lowest BCUT2D eigenvalue weighted by molar-refractivity contribution is 0.0697. The Kier molecular flexibility index (Phi) is 4.54. The van der Waals surface area contributed by atoms with Gasteiger partial charge in [-0.3, -0.25) is 4.21 Å². The van der Waals surface area contributed by atoms with Gasteiger partial charge in [0.2, 0.25) is 0 Å². The van der Waals surface area contributed by atoms with Gasteiger partial charge in [-0.2, -0.15) is 0 Å². The second kappa shape index (κ2) is 6.17. The van der Waals surface area contributed by atoms with E-state index in [0.29, 0.717) is 17.8 Å². The first-order valence-electron chi connectivity index (χ1n) is 6.55. The number of aromatic carboxylic acids is 1. The van der Waals surface area contributed by atoms with Crippen molar-refractivity contribution in [3.8, 4) is 0 Å². The maximum absolute atomic E-state index is 11.3. The molecule has 0 aliphatic carbocycles. The fraction of sp³-hybridized carbons (Fsp3) is 0.429. The molecule has 0 bridgehead atoms. The van der Waals surface area contributed by atoms with E-state index in [1.807, 2.05) is 4.57 Å². The molecule has 1 atom stereocenters. The van der Waals surface area contributed by atoms with Gasteiger partial charge in [-0.1, -0.05) is 6.92 Å². The van der Waals surface area contributed by atoms with Crippen LogP contribution >= 0.6 is 0 Å². The van der Waals surface area contributed by atoms with Gasteiger partial charge in [0, 0.05) is 35.8 Å². The van der Waals surface area contributed by atoms with Gasteiger partial charge in [0.05, 0.1) is 16.6 Å². The van der Waals surface area contributed by atoms with Crippen molar-refractivity contribution in [1.29, 1.82) is 0 Å². The Morgan fingerprint density at radius 2 is 2.20 bits per heavy atom. The predicted molar refractivity (Wildman–Crippen MR) is 79.6 cm³/mol. The molecule has 0 aliphatic rings. The summed E-state index contributed by atoms with van der Waals surface area (Å²) in [6.45, 7) is 2.71. The highest BCUT2D eigenvalue weighted by Gasteiger charge is 2.12. The highest BCUT2D eigenvalue weighted by atomic mass is 32.2. The zero-order chi connectivity index (χ0) is 14.7. The van der Waals surface area contributed by atoms with E-state index >= 15 is 0 Å². The van der Waals surface area contributed by atoms with E-state index in [0.717, 1.165) is 24.2 Å². The molecule has 20 heavy (non-hydrogen) atoms. The molecule has 0 saturated heterocycles. The number of hydrogen-bond donors (Lipinski definition) is 1. The van der Waals surface area contributed by atoms with Crippen LogP contribution in [0.4, 0.5) is 0 Å². The summed E-state index contributed by atoms with van der Waals surface area (Å²) in [6, 6.07) is 4.96. The van der Waals surface area contributed by atoms with Crippen molar-refractivity contribution in [3.63, 3.8) is 0 Å². The maximum Gasteiger partial charge on any atom is 0.335 e. The molecule has 0 spiro atoms. The summed E-state index contributed by atoms with van der Waals surface area (Å²) < 4.78 is 13.3. The number of carbonyl (C=O) groups is 1. The topological polar surface area (TPSA) is 72.2 Å². The van der Waals surface area contributed by atoms with Crippen LogP contribution in [0.25, 0.3) is 11.0 Å². The van der Waals surface area contributed by atoms with Gasteiger partial charge in [0.25, 0.3) is 0 Å². The zero-order valence-electron chi connectivity index (χ0n) is 11.6. The van der Waals surface area contributed by atoms with Crippen molar-refractivity contribution >= 4 is 27.8 Å². The first-order valence-corrected chi connectivity index (χ1v) is 8.28. The highest BCUT2D eigenvalue weighted by molar-refractivity contribution is 7.84. The molecular weight excluding hydrogens is 276 g/mol. The number of rotatable bonds is 6. The van der Waals surface area contributed by atoms with Crippen LogP contribution in [0.3, 0.4) is 0 Å². The molecule has 0 saturated carbocycles. The fourth-order valence-corrected chi connectivity index (χ4v) is 2.64. The number of imidazole rings is 1. The third-order valence-corrected chi connectivity index (χ3v) is 3.91. The maximum atomic E-state index is 11.3. The molecule has 5 nitrogen and oxygen atoms in total. The van der Waals surface area contributed by atoms with E-state index in [1.165, 1.54) is 0 Å². The third-order valence-electron chi connectivity index (χ3n) is 3.15. The summed E-state index contributed by atoms with van der Waals surface area (Å²) in [5.41, 5.74) is 1.84. The molecule has 1 aromatic heterocycles. The Labute approximate surface area is 120 Å². The molecule has 1 N–H and O–H groups in total. The van der Waals surface area contributed by atoms with Crippen LogP contribution in [0.15, 0.2) is 18.2 Å². The first kappa shape index (κ1) is 14.7. The van der Waals surface area contributed by atoms with Gasteiger partial charge in [-0.25, -0.2) is 9.78 Å². The van der Waals surface area contributed by atoms with E-state index in [1.54, 1.807) is 24.5 Å². The number of aryl methyl sites for hydroxylation is 2. The summed E-state index contributed by atoms with van der Waals surface area (Å²) in [6.07, 6.45) is 3.47. The number of aromatic nitrogens is 2. The number of carboxylic acids is 1. The lowest BCUT2D eigenvalue weighted by Crippen LogP contribution is -2.10. The normalized spacial score (nSPS) is 12.7. The largest absolute Gasteiger partial charge is 0.478 e. The Balaban J connectivity index is 2.48. The van der Waals surface area contributed by atoms with Crippen LogP contribution in [0.2, 0.25) is 0 Å². The molecular formula is C14H18N2O3S. The minimum atomic E-state index is -0.951. The van der Waals surface area contributed by atoms with Crippen LogP contribution in [-0.2, 0) is 23.8 Å². The van der Waals surface area contributed by atoms with E-state index in [9.17, 15) is 9.00 Å². The monoisotopic (exact) mass is 294 g/mol. The van der Waals surface area contributed by atoms with Gasteiger partial charge >= 0.3 is 5.97 Å². The second-order valence-electron chi connectivity index (χ2n) is 4.72. The third kappa shape index (κ3) is 3.07. The second-order valence-corrected chi connectivity index (χ2v) is 6.27. The quantitative estimate of drug-likeness (QED) is 0.885. The minimum absolute atomic E-state index is 0.240. The molecule has 0 amide bonds. The van der Waals surface area contributed by atoms with Gasteiger partial charge in [-0.15, -0.1) is 0 Å².